The van der Waals surface area contributed by atoms with Gasteiger partial charge in [-0.05, 0) is 33.6 Å². The summed E-state index contributed by atoms with van der Waals surface area (Å²) in [7, 11) is 7.33. The van der Waals surface area contributed by atoms with Gasteiger partial charge in [-0.15, -0.1) is 0 Å². The monoisotopic (exact) mass is 350 g/mol. The molecule has 0 bridgehead atoms. The summed E-state index contributed by atoms with van der Waals surface area (Å²) < 4.78 is 0. The molecule has 0 unspecified atom stereocenters. The van der Waals surface area contributed by atoms with Crippen molar-refractivity contribution >= 4 is 33.4 Å². The number of hydrogen-bond donors (Lipinski definition) is 3. The number of amides is 2. The number of nitrogens with one attached hydrogen (secondary N) is 3. The summed E-state index contributed by atoms with van der Waals surface area (Å²) in [5.41, 5.74) is 0. The van der Waals surface area contributed by atoms with Crippen LogP contribution >= 0.6 is 21.6 Å². The van der Waals surface area contributed by atoms with Crippen molar-refractivity contribution < 1.29 is 9.59 Å². The lowest BCUT2D eigenvalue weighted by Crippen LogP contribution is -2.37. The van der Waals surface area contributed by atoms with E-state index in [-0.39, 0.29) is 11.8 Å². The molecule has 0 radical (unpaired) electrons. The van der Waals surface area contributed by atoms with Crippen LogP contribution in [0, 0.1) is 0 Å². The van der Waals surface area contributed by atoms with Crippen molar-refractivity contribution in [2.24, 2.45) is 0 Å². The van der Waals surface area contributed by atoms with Gasteiger partial charge in [0.05, 0.1) is 6.54 Å². The zero-order valence-electron chi connectivity index (χ0n) is 13.9. The summed E-state index contributed by atoms with van der Waals surface area (Å²) in [5.74, 6) is 1.93. The van der Waals surface area contributed by atoms with Gasteiger partial charge >= 0.3 is 0 Å². The van der Waals surface area contributed by atoms with E-state index in [1.165, 1.54) is 0 Å². The third-order valence-electron chi connectivity index (χ3n) is 2.80. The van der Waals surface area contributed by atoms with Crippen LogP contribution in [0.3, 0.4) is 0 Å². The molecule has 0 aromatic heterocycles. The molecule has 0 aliphatic carbocycles. The molecule has 0 aliphatic rings. The van der Waals surface area contributed by atoms with Gasteiger partial charge in [-0.1, -0.05) is 28.5 Å². The van der Waals surface area contributed by atoms with E-state index in [9.17, 15) is 9.59 Å². The van der Waals surface area contributed by atoms with Gasteiger partial charge < -0.3 is 16.0 Å². The van der Waals surface area contributed by atoms with Gasteiger partial charge in [0.1, 0.15) is 0 Å². The first kappa shape index (κ1) is 21.6. The van der Waals surface area contributed by atoms with Crippen molar-refractivity contribution in [3.05, 3.63) is 0 Å². The lowest BCUT2D eigenvalue weighted by atomic mass is 10.4. The molecule has 0 spiro atoms. The third kappa shape index (κ3) is 14.5. The maximum atomic E-state index is 11.7. The molecule has 0 aromatic rings. The third-order valence-corrected chi connectivity index (χ3v) is 5.21. The van der Waals surface area contributed by atoms with E-state index in [0.29, 0.717) is 26.1 Å². The summed E-state index contributed by atoms with van der Waals surface area (Å²) in [6.45, 7) is 5.57. The summed E-state index contributed by atoms with van der Waals surface area (Å²) in [5, 5.41) is 8.85. The van der Waals surface area contributed by atoms with Gasteiger partial charge in [-0.25, -0.2) is 0 Å². The second kappa shape index (κ2) is 15.5. The van der Waals surface area contributed by atoms with E-state index in [2.05, 4.69) is 16.0 Å². The van der Waals surface area contributed by atoms with Crippen LogP contribution in [0.2, 0.25) is 0 Å². The minimum Gasteiger partial charge on any atom is -0.355 e. The van der Waals surface area contributed by atoms with Gasteiger partial charge in [0.25, 0.3) is 0 Å². The minimum atomic E-state index is 0.0766. The van der Waals surface area contributed by atoms with Gasteiger partial charge in [0.2, 0.25) is 11.8 Å². The highest BCUT2D eigenvalue weighted by atomic mass is 33.1. The first-order valence-corrected chi connectivity index (χ1v) is 10.2. The fourth-order valence-electron chi connectivity index (χ4n) is 1.61. The molecule has 3 N–H and O–H groups in total. The van der Waals surface area contributed by atoms with E-state index in [1.807, 2.05) is 25.9 Å². The molecule has 0 aromatic carbocycles. The normalized spacial score (nSPS) is 10.7. The van der Waals surface area contributed by atoms with Crippen molar-refractivity contribution in [1.82, 2.24) is 20.9 Å². The molecule has 0 fully saturated rings. The Balaban J connectivity index is 3.36. The van der Waals surface area contributed by atoms with Crippen LogP contribution in [0.5, 0.6) is 0 Å². The van der Waals surface area contributed by atoms with Crippen molar-refractivity contribution in [1.29, 1.82) is 0 Å². The molecular formula is C14H30N4O2S2. The molecule has 22 heavy (non-hydrogen) atoms. The second-order valence-corrected chi connectivity index (χ2v) is 7.59. The van der Waals surface area contributed by atoms with Crippen LogP contribution < -0.4 is 16.0 Å². The van der Waals surface area contributed by atoms with E-state index in [1.54, 1.807) is 21.6 Å². The van der Waals surface area contributed by atoms with Gasteiger partial charge in [-0.3, -0.25) is 14.5 Å². The Bertz CT molecular complexity index is 307. The topological polar surface area (TPSA) is 73.5 Å². The van der Waals surface area contributed by atoms with Crippen molar-refractivity contribution in [2.75, 3.05) is 58.3 Å². The van der Waals surface area contributed by atoms with Crippen LogP contribution in [0.4, 0.5) is 0 Å². The number of carbonyl (C=O) groups excluding carboxylic acids is 2. The van der Waals surface area contributed by atoms with Crippen LogP contribution in [0.15, 0.2) is 0 Å². The number of rotatable bonds is 14. The first-order valence-electron chi connectivity index (χ1n) is 7.71. The SMILES string of the molecule is CCC(=O)NCCSSCCNC(=O)CN(C)CCCNC. The van der Waals surface area contributed by atoms with E-state index < -0.39 is 0 Å². The standard InChI is InChI=1S/C14H30N4O2S2/c1-4-13(19)16-7-10-21-22-11-8-17-14(20)12-18(3)9-5-6-15-2/h15H,4-12H2,1-3H3,(H,16,19)(H,17,20). The second-order valence-electron chi connectivity index (χ2n) is 4.89. The zero-order valence-corrected chi connectivity index (χ0v) is 15.6. The van der Waals surface area contributed by atoms with Crippen molar-refractivity contribution in [3.63, 3.8) is 0 Å². The van der Waals surface area contributed by atoms with Gasteiger partial charge in [0, 0.05) is 31.0 Å². The molecule has 130 valence electrons. The number of likely N-dealkylation sites (N-methyl/N-ethyl adjacent to an activating group) is 1. The summed E-state index contributed by atoms with van der Waals surface area (Å²) in [4.78, 5) is 24.7. The Morgan fingerprint density at radius 1 is 1.00 bits per heavy atom. The van der Waals surface area contributed by atoms with Crippen molar-refractivity contribution in [2.45, 2.75) is 19.8 Å². The first-order chi connectivity index (χ1) is 10.6. The van der Waals surface area contributed by atoms with E-state index in [4.69, 9.17) is 0 Å². The van der Waals surface area contributed by atoms with E-state index in [0.717, 1.165) is 31.0 Å². The number of carbonyl (C=O) groups is 2. The Labute approximate surface area is 142 Å². The smallest absolute Gasteiger partial charge is 0.234 e. The highest BCUT2D eigenvalue weighted by Crippen LogP contribution is 2.19. The maximum absolute atomic E-state index is 11.7. The van der Waals surface area contributed by atoms with Crippen LogP contribution in [-0.4, -0.2) is 75.0 Å². The average molecular weight is 351 g/mol. The maximum Gasteiger partial charge on any atom is 0.234 e. The van der Waals surface area contributed by atoms with E-state index >= 15 is 0 Å². The lowest BCUT2D eigenvalue weighted by molar-refractivity contribution is -0.122. The Morgan fingerprint density at radius 2 is 1.59 bits per heavy atom. The molecular weight excluding hydrogens is 320 g/mol. The highest BCUT2D eigenvalue weighted by Gasteiger charge is 2.05. The molecule has 0 aliphatic heterocycles. The fourth-order valence-corrected chi connectivity index (χ4v) is 3.43. The predicted molar refractivity (Wildman–Crippen MR) is 97.3 cm³/mol. The van der Waals surface area contributed by atoms with Crippen LogP contribution in [0.25, 0.3) is 0 Å². The molecule has 0 heterocycles. The molecule has 6 nitrogen and oxygen atoms in total. The molecule has 0 rings (SSSR count). The quantitative estimate of drug-likeness (QED) is 0.314. The molecule has 2 amide bonds. The molecule has 0 saturated heterocycles. The van der Waals surface area contributed by atoms with Crippen molar-refractivity contribution in [3.8, 4) is 0 Å². The largest absolute Gasteiger partial charge is 0.355 e. The zero-order chi connectivity index (χ0) is 16.6. The summed E-state index contributed by atoms with van der Waals surface area (Å²) in [6, 6.07) is 0. The lowest BCUT2D eigenvalue weighted by Gasteiger charge is -2.15. The Kier molecular flexibility index (Phi) is 15.1. The summed E-state index contributed by atoms with van der Waals surface area (Å²) in [6.07, 6.45) is 1.58. The number of hydrogen-bond acceptors (Lipinski definition) is 6. The van der Waals surface area contributed by atoms with Crippen LogP contribution in [0.1, 0.15) is 19.8 Å². The molecule has 8 heteroatoms. The predicted octanol–water partition coefficient (Wildman–Crippen LogP) is 0.552. The minimum absolute atomic E-state index is 0.0766. The van der Waals surface area contributed by atoms with Crippen LogP contribution in [-0.2, 0) is 9.59 Å². The summed E-state index contributed by atoms with van der Waals surface area (Å²) >= 11 is 0. The average Bonchev–Trinajstić information content (AvgIpc) is 2.49. The Morgan fingerprint density at radius 3 is 2.14 bits per heavy atom. The van der Waals surface area contributed by atoms with Gasteiger partial charge in [0.15, 0.2) is 0 Å². The Hall–Kier alpha value is -0.440. The molecule has 0 atom stereocenters. The number of nitrogens with zero attached hydrogens (tertiary/aromatic N) is 1. The van der Waals surface area contributed by atoms with Gasteiger partial charge in [-0.2, -0.15) is 0 Å². The highest BCUT2D eigenvalue weighted by molar-refractivity contribution is 8.76. The fraction of sp³-hybridized carbons (Fsp3) is 0.857. The molecule has 0 saturated carbocycles.